The minimum absolute atomic E-state index is 0.0866. The Morgan fingerprint density at radius 3 is 1.13 bits per heavy atom. The lowest BCUT2D eigenvalue weighted by molar-refractivity contribution is -0.151. The Labute approximate surface area is 336 Å². The standard InChI is InChI=1S/C48H95NO5/c1-4-7-10-13-16-19-21-22-23-24-26-29-32-35-38-41-48(53)54-44(39-36-33-30-27-18-15-12-9-6-3)42-47(52)49-45(43-50)46(51)40-37-34-31-28-25-20-17-14-11-8-5-2/h44-46,50-51H,4-43H2,1-3H3,(H,49,52). The van der Waals surface area contributed by atoms with Gasteiger partial charge in [0.25, 0.3) is 0 Å². The first-order valence-electron chi connectivity index (χ1n) is 24.3. The van der Waals surface area contributed by atoms with Crippen LogP contribution in [-0.2, 0) is 14.3 Å². The Morgan fingerprint density at radius 1 is 0.463 bits per heavy atom. The van der Waals surface area contributed by atoms with Gasteiger partial charge in [-0.05, 0) is 25.7 Å². The van der Waals surface area contributed by atoms with Gasteiger partial charge in [0.15, 0.2) is 0 Å². The second-order valence-electron chi connectivity index (χ2n) is 16.9. The van der Waals surface area contributed by atoms with Crippen molar-refractivity contribution in [1.29, 1.82) is 0 Å². The number of esters is 1. The van der Waals surface area contributed by atoms with Crippen molar-refractivity contribution in [3.63, 3.8) is 0 Å². The molecule has 0 aliphatic rings. The van der Waals surface area contributed by atoms with Gasteiger partial charge < -0.3 is 20.3 Å². The summed E-state index contributed by atoms with van der Waals surface area (Å²) in [6.07, 6.45) is 44.5. The van der Waals surface area contributed by atoms with E-state index in [1.807, 2.05) is 0 Å². The van der Waals surface area contributed by atoms with Crippen LogP contribution in [0.2, 0.25) is 0 Å². The van der Waals surface area contributed by atoms with Gasteiger partial charge in [0.1, 0.15) is 6.10 Å². The first kappa shape index (κ1) is 52.9. The summed E-state index contributed by atoms with van der Waals surface area (Å²) in [5.74, 6) is -0.457. The number of rotatable bonds is 44. The molecule has 0 fully saturated rings. The van der Waals surface area contributed by atoms with Crippen LogP contribution < -0.4 is 5.32 Å². The molecule has 0 aromatic heterocycles. The van der Waals surface area contributed by atoms with Crippen molar-refractivity contribution in [3.05, 3.63) is 0 Å². The normalized spacial score (nSPS) is 13.2. The van der Waals surface area contributed by atoms with Crippen LogP contribution in [0, 0.1) is 0 Å². The van der Waals surface area contributed by atoms with E-state index < -0.39 is 18.2 Å². The monoisotopic (exact) mass is 766 g/mol. The smallest absolute Gasteiger partial charge is 0.306 e. The lowest BCUT2D eigenvalue weighted by atomic mass is 10.0. The number of carbonyl (C=O) groups excluding carboxylic acids is 2. The summed E-state index contributed by atoms with van der Waals surface area (Å²) in [6.45, 7) is 6.48. The number of carbonyl (C=O) groups is 2. The molecule has 0 spiro atoms. The highest BCUT2D eigenvalue weighted by atomic mass is 16.5. The van der Waals surface area contributed by atoms with Gasteiger partial charge in [0, 0.05) is 6.42 Å². The summed E-state index contributed by atoms with van der Waals surface area (Å²) in [7, 11) is 0. The third kappa shape index (κ3) is 37.8. The molecule has 0 radical (unpaired) electrons. The molecular formula is C48H95NO5. The van der Waals surface area contributed by atoms with Gasteiger partial charge in [-0.3, -0.25) is 9.59 Å². The van der Waals surface area contributed by atoms with Crippen LogP contribution >= 0.6 is 0 Å². The van der Waals surface area contributed by atoms with E-state index in [9.17, 15) is 19.8 Å². The number of unbranched alkanes of at least 4 members (excludes halogenated alkanes) is 32. The molecule has 54 heavy (non-hydrogen) atoms. The maximum Gasteiger partial charge on any atom is 0.306 e. The summed E-state index contributed by atoms with van der Waals surface area (Å²) >= 11 is 0. The number of aliphatic hydroxyl groups excluding tert-OH is 2. The predicted octanol–water partition coefficient (Wildman–Crippen LogP) is 14.0. The van der Waals surface area contributed by atoms with E-state index in [1.165, 1.54) is 186 Å². The highest BCUT2D eigenvalue weighted by Crippen LogP contribution is 2.18. The summed E-state index contributed by atoms with van der Waals surface area (Å²) in [6, 6.07) is -0.690. The Kier molecular flexibility index (Phi) is 42.1. The highest BCUT2D eigenvalue weighted by Gasteiger charge is 2.24. The van der Waals surface area contributed by atoms with Gasteiger partial charge >= 0.3 is 5.97 Å². The van der Waals surface area contributed by atoms with E-state index in [0.717, 1.165) is 38.5 Å². The Morgan fingerprint density at radius 2 is 0.778 bits per heavy atom. The van der Waals surface area contributed by atoms with Crippen LogP contribution in [0.1, 0.15) is 271 Å². The van der Waals surface area contributed by atoms with Crippen LogP contribution in [0.3, 0.4) is 0 Å². The second kappa shape index (κ2) is 43.0. The molecule has 322 valence electrons. The number of nitrogens with one attached hydrogen (secondary N) is 1. The van der Waals surface area contributed by atoms with Crippen LogP contribution in [0.25, 0.3) is 0 Å². The van der Waals surface area contributed by atoms with Crippen LogP contribution in [-0.4, -0.2) is 46.9 Å². The third-order valence-corrected chi connectivity index (χ3v) is 11.4. The van der Waals surface area contributed by atoms with Crippen molar-refractivity contribution >= 4 is 11.9 Å². The molecule has 0 aliphatic heterocycles. The zero-order chi connectivity index (χ0) is 39.6. The van der Waals surface area contributed by atoms with E-state index in [4.69, 9.17) is 4.74 Å². The SMILES string of the molecule is CCCCCCCCCCCCCCCCCC(=O)OC(CCCCCCCCCCC)CC(=O)NC(CO)C(O)CCCCCCCCCCCCC. The third-order valence-electron chi connectivity index (χ3n) is 11.4. The predicted molar refractivity (Wildman–Crippen MR) is 232 cm³/mol. The zero-order valence-electron chi connectivity index (χ0n) is 36.6. The minimum Gasteiger partial charge on any atom is -0.462 e. The lowest BCUT2D eigenvalue weighted by Crippen LogP contribution is -2.46. The fraction of sp³-hybridized carbons (Fsp3) is 0.958. The van der Waals surface area contributed by atoms with Crippen LogP contribution in [0.15, 0.2) is 0 Å². The van der Waals surface area contributed by atoms with Crippen LogP contribution in [0.5, 0.6) is 0 Å². The molecule has 0 aliphatic carbocycles. The fourth-order valence-corrected chi connectivity index (χ4v) is 7.73. The van der Waals surface area contributed by atoms with Gasteiger partial charge in [0.2, 0.25) is 5.91 Å². The average molecular weight is 766 g/mol. The molecule has 6 nitrogen and oxygen atoms in total. The van der Waals surface area contributed by atoms with Gasteiger partial charge in [-0.1, -0.05) is 233 Å². The molecule has 3 N–H and O–H groups in total. The Balaban J connectivity index is 4.44. The minimum atomic E-state index is -0.777. The van der Waals surface area contributed by atoms with Crippen molar-refractivity contribution in [1.82, 2.24) is 5.32 Å². The second-order valence-corrected chi connectivity index (χ2v) is 16.9. The number of aliphatic hydroxyl groups is 2. The van der Waals surface area contributed by atoms with E-state index in [1.54, 1.807) is 0 Å². The summed E-state index contributed by atoms with van der Waals surface area (Å²) in [5.41, 5.74) is 0. The molecule has 0 bridgehead atoms. The van der Waals surface area contributed by atoms with Gasteiger partial charge in [-0.25, -0.2) is 0 Å². The quantitative estimate of drug-likeness (QED) is 0.0424. The molecule has 0 rings (SSSR count). The zero-order valence-corrected chi connectivity index (χ0v) is 36.6. The molecule has 3 atom stereocenters. The molecule has 0 aromatic carbocycles. The molecule has 0 heterocycles. The van der Waals surface area contributed by atoms with Crippen LogP contribution in [0.4, 0.5) is 0 Å². The van der Waals surface area contributed by atoms with Crippen molar-refractivity contribution < 1.29 is 24.5 Å². The number of ether oxygens (including phenoxy) is 1. The number of hydrogen-bond donors (Lipinski definition) is 3. The molecule has 6 heteroatoms. The first-order valence-corrected chi connectivity index (χ1v) is 24.3. The molecule has 3 unspecified atom stereocenters. The highest BCUT2D eigenvalue weighted by molar-refractivity contribution is 5.77. The Bertz CT molecular complexity index is 776. The summed E-state index contributed by atoms with van der Waals surface area (Å²) in [5, 5.41) is 23.6. The average Bonchev–Trinajstić information content (AvgIpc) is 3.16. The maximum absolute atomic E-state index is 13.1. The molecule has 0 saturated carbocycles. The van der Waals surface area contributed by atoms with E-state index in [-0.39, 0.29) is 24.9 Å². The van der Waals surface area contributed by atoms with Gasteiger partial charge in [-0.2, -0.15) is 0 Å². The summed E-state index contributed by atoms with van der Waals surface area (Å²) < 4.78 is 5.91. The van der Waals surface area contributed by atoms with Crippen molar-refractivity contribution in [2.24, 2.45) is 0 Å². The summed E-state index contributed by atoms with van der Waals surface area (Å²) in [4.78, 5) is 26.0. The van der Waals surface area contributed by atoms with Crippen molar-refractivity contribution in [2.75, 3.05) is 6.61 Å². The van der Waals surface area contributed by atoms with E-state index in [0.29, 0.717) is 19.3 Å². The van der Waals surface area contributed by atoms with Gasteiger partial charge in [0.05, 0.1) is 25.2 Å². The molecule has 0 saturated heterocycles. The first-order chi connectivity index (χ1) is 26.5. The largest absolute Gasteiger partial charge is 0.462 e. The molecule has 1 amide bonds. The Hall–Kier alpha value is -1.14. The van der Waals surface area contributed by atoms with Crippen molar-refractivity contribution in [3.8, 4) is 0 Å². The van der Waals surface area contributed by atoms with Crippen molar-refractivity contribution in [2.45, 2.75) is 289 Å². The van der Waals surface area contributed by atoms with E-state index >= 15 is 0 Å². The van der Waals surface area contributed by atoms with Gasteiger partial charge in [-0.15, -0.1) is 0 Å². The fourth-order valence-electron chi connectivity index (χ4n) is 7.73. The molecule has 0 aromatic rings. The molecular weight excluding hydrogens is 671 g/mol. The van der Waals surface area contributed by atoms with E-state index in [2.05, 4.69) is 26.1 Å². The topological polar surface area (TPSA) is 95.9 Å². The number of amides is 1. The maximum atomic E-state index is 13.1. The lowest BCUT2D eigenvalue weighted by Gasteiger charge is -2.24. The number of hydrogen-bond acceptors (Lipinski definition) is 5.